The number of urea groups is 1. The van der Waals surface area contributed by atoms with Gasteiger partial charge in [-0.05, 0) is 54.1 Å². The van der Waals surface area contributed by atoms with Crippen LogP contribution in [0.4, 0.5) is 16.2 Å². The molecule has 0 atom stereocenters. The number of aromatic nitrogens is 2. The molecule has 0 saturated carbocycles. The zero-order valence-electron chi connectivity index (χ0n) is 13.8. The van der Waals surface area contributed by atoms with Crippen LogP contribution in [0, 0.1) is 0 Å². The van der Waals surface area contributed by atoms with Crippen LogP contribution in [-0.2, 0) is 6.54 Å². The van der Waals surface area contributed by atoms with Crippen LogP contribution in [0.2, 0.25) is 0 Å². The predicted molar refractivity (Wildman–Crippen MR) is 98.7 cm³/mol. The minimum Gasteiger partial charge on any atom is -0.334 e. The number of pyridine rings is 2. The van der Waals surface area contributed by atoms with Gasteiger partial charge in [0.2, 0.25) is 0 Å². The Balaban J connectivity index is 1.52. The van der Waals surface area contributed by atoms with Crippen molar-refractivity contribution in [1.82, 2.24) is 15.3 Å². The number of nitrogens with one attached hydrogen (secondary N) is 3. The maximum atomic E-state index is 12.2. The second-order valence-corrected chi connectivity index (χ2v) is 5.44. The van der Waals surface area contributed by atoms with Gasteiger partial charge in [-0.2, -0.15) is 0 Å². The van der Waals surface area contributed by atoms with Crippen molar-refractivity contribution in [2.24, 2.45) is 0 Å². The van der Waals surface area contributed by atoms with E-state index in [4.69, 9.17) is 0 Å². The van der Waals surface area contributed by atoms with Gasteiger partial charge in [0, 0.05) is 36.4 Å². The monoisotopic (exact) mass is 347 g/mol. The fraction of sp³-hybridized carbons (Fsp3) is 0.0526. The molecule has 2 aromatic heterocycles. The van der Waals surface area contributed by atoms with Crippen LogP contribution in [0.15, 0.2) is 73.3 Å². The number of carbonyl (C=O) groups is 2. The van der Waals surface area contributed by atoms with Crippen LogP contribution in [0.1, 0.15) is 15.9 Å². The van der Waals surface area contributed by atoms with Crippen LogP contribution < -0.4 is 16.0 Å². The van der Waals surface area contributed by atoms with Gasteiger partial charge in [-0.1, -0.05) is 0 Å². The Labute approximate surface area is 150 Å². The first-order valence-electron chi connectivity index (χ1n) is 7.96. The molecule has 3 amide bonds. The molecule has 7 nitrogen and oxygen atoms in total. The van der Waals surface area contributed by atoms with Crippen molar-refractivity contribution in [3.63, 3.8) is 0 Å². The highest BCUT2D eigenvalue weighted by Crippen LogP contribution is 2.12. The van der Waals surface area contributed by atoms with Crippen molar-refractivity contribution in [3.05, 3.63) is 84.4 Å². The molecule has 0 aliphatic carbocycles. The molecule has 0 bridgehead atoms. The van der Waals surface area contributed by atoms with E-state index in [1.54, 1.807) is 61.2 Å². The standard InChI is InChI=1S/C19H17N5O2/c25-18(23-17-2-1-9-21-13-17)15-3-5-16(6-4-15)24-19(26)22-12-14-7-10-20-11-8-14/h1-11,13H,12H2,(H,23,25)(H2,22,24,26). The van der Waals surface area contributed by atoms with Crippen molar-refractivity contribution in [2.45, 2.75) is 6.54 Å². The summed E-state index contributed by atoms with van der Waals surface area (Å²) in [6, 6.07) is 13.5. The van der Waals surface area contributed by atoms with Crippen LogP contribution >= 0.6 is 0 Å². The first-order valence-corrected chi connectivity index (χ1v) is 7.96. The van der Waals surface area contributed by atoms with Crippen LogP contribution in [0.25, 0.3) is 0 Å². The number of benzene rings is 1. The number of rotatable bonds is 5. The molecule has 0 aliphatic heterocycles. The fourth-order valence-electron chi connectivity index (χ4n) is 2.20. The number of amides is 3. The van der Waals surface area contributed by atoms with Gasteiger partial charge in [-0.25, -0.2) is 4.79 Å². The molecule has 0 saturated heterocycles. The maximum absolute atomic E-state index is 12.2. The first-order chi connectivity index (χ1) is 12.7. The summed E-state index contributed by atoms with van der Waals surface area (Å²) in [6.07, 6.45) is 6.55. The minimum atomic E-state index is -0.325. The fourth-order valence-corrected chi connectivity index (χ4v) is 2.20. The number of anilines is 2. The van der Waals surface area contributed by atoms with Gasteiger partial charge in [0.25, 0.3) is 5.91 Å². The molecule has 130 valence electrons. The molecule has 1 aromatic carbocycles. The smallest absolute Gasteiger partial charge is 0.319 e. The van der Waals surface area contributed by atoms with Gasteiger partial charge in [0.15, 0.2) is 0 Å². The molecule has 0 aliphatic rings. The molecule has 2 heterocycles. The summed E-state index contributed by atoms with van der Waals surface area (Å²) in [5, 5.41) is 8.22. The van der Waals surface area contributed by atoms with Crippen molar-refractivity contribution >= 4 is 23.3 Å². The molecular formula is C19H17N5O2. The minimum absolute atomic E-state index is 0.244. The number of hydrogen-bond donors (Lipinski definition) is 3. The van der Waals surface area contributed by atoms with Gasteiger partial charge in [0.05, 0.1) is 11.9 Å². The van der Waals surface area contributed by atoms with Crippen molar-refractivity contribution < 1.29 is 9.59 Å². The van der Waals surface area contributed by atoms with E-state index in [9.17, 15) is 9.59 Å². The largest absolute Gasteiger partial charge is 0.334 e. The Hall–Kier alpha value is -3.74. The maximum Gasteiger partial charge on any atom is 0.319 e. The highest BCUT2D eigenvalue weighted by Gasteiger charge is 2.07. The predicted octanol–water partition coefficient (Wildman–Crippen LogP) is 3.05. The highest BCUT2D eigenvalue weighted by molar-refractivity contribution is 6.04. The Morgan fingerprint density at radius 3 is 2.27 bits per heavy atom. The second kappa shape index (κ2) is 8.39. The van der Waals surface area contributed by atoms with E-state index in [-0.39, 0.29) is 11.9 Å². The average molecular weight is 347 g/mol. The molecule has 26 heavy (non-hydrogen) atoms. The van der Waals surface area contributed by atoms with Crippen LogP contribution in [0.3, 0.4) is 0 Å². The summed E-state index contributed by atoms with van der Waals surface area (Å²) in [6.45, 7) is 0.403. The highest BCUT2D eigenvalue weighted by atomic mass is 16.2. The quantitative estimate of drug-likeness (QED) is 0.661. The molecule has 3 N–H and O–H groups in total. The lowest BCUT2D eigenvalue weighted by molar-refractivity contribution is 0.102. The van der Waals surface area contributed by atoms with Crippen molar-refractivity contribution in [1.29, 1.82) is 0 Å². The number of nitrogens with zero attached hydrogens (tertiary/aromatic N) is 2. The topological polar surface area (TPSA) is 96.0 Å². The third-order valence-corrected chi connectivity index (χ3v) is 3.53. The van der Waals surface area contributed by atoms with Crippen molar-refractivity contribution in [2.75, 3.05) is 10.6 Å². The normalized spacial score (nSPS) is 10.0. The Morgan fingerprint density at radius 2 is 1.58 bits per heavy atom. The van der Waals surface area contributed by atoms with Crippen molar-refractivity contribution in [3.8, 4) is 0 Å². The summed E-state index contributed by atoms with van der Waals surface area (Å²) in [4.78, 5) is 32.0. The lowest BCUT2D eigenvalue weighted by Gasteiger charge is -2.09. The summed E-state index contributed by atoms with van der Waals surface area (Å²) < 4.78 is 0. The van der Waals surface area contributed by atoms with E-state index in [1.165, 1.54) is 0 Å². The first kappa shape index (κ1) is 17.1. The lowest BCUT2D eigenvalue weighted by Crippen LogP contribution is -2.28. The van der Waals surface area contributed by atoms with Crippen LogP contribution in [-0.4, -0.2) is 21.9 Å². The summed E-state index contributed by atoms with van der Waals surface area (Å²) in [7, 11) is 0. The second-order valence-electron chi connectivity index (χ2n) is 5.44. The average Bonchev–Trinajstić information content (AvgIpc) is 2.68. The zero-order chi connectivity index (χ0) is 18.2. The third-order valence-electron chi connectivity index (χ3n) is 3.53. The third kappa shape index (κ3) is 4.88. The number of carbonyl (C=O) groups excluding carboxylic acids is 2. The van der Waals surface area contributed by atoms with E-state index in [0.717, 1.165) is 5.56 Å². The molecule has 0 fully saturated rings. The van der Waals surface area contributed by atoms with E-state index in [0.29, 0.717) is 23.5 Å². The lowest BCUT2D eigenvalue weighted by atomic mass is 10.2. The van der Waals surface area contributed by atoms with Gasteiger partial charge in [-0.15, -0.1) is 0 Å². The number of hydrogen-bond acceptors (Lipinski definition) is 4. The van der Waals surface area contributed by atoms with E-state index in [2.05, 4.69) is 25.9 Å². The summed E-state index contributed by atoms with van der Waals surface area (Å²) in [5.74, 6) is -0.244. The van der Waals surface area contributed by atoms with Gasteiger partial charge >= 0.3 is 6.03 Å². The van der Waals surface area contributed by atoms with E-state index >= 15 is 0 Å². The Bertz CT molecular complexity index is 867. The van der Waals surface area contributed by atoms with Gasteiger partial charge < -0.3 is 16.0 Å². The van der Waals surface area contributed by atoms with Gasteiger partial charge in [0.1, 0.15) is 0 Å². The Morgan fingerprint density at radius 1 is 0.808 bits per heavy atom. The molecule has 0 unspecified atom stereocenters. The molecule has 0 spiro atoms. The SMILES string of the molecule is O=C(NCc1ccncc1)Nc1ccc(C(=O)Nc2cccnc2)cc1. The van der Waals surface area contributed by atoms with E-state index in [1.807, 2.05) is 12.1 Å². The summed E-state index contributed by atoms with van der Waals surface area (Å²) in [5.41, 5.74) is 2.65. The van der Waals surface area contributed by atoms with E-state index < -0.39 is 0 Å². The Kier molecular flexibility index (Phi) is 5.51. The molecule has 7 heteroatoms. The van der Waals surface area contributed by atoms with Crippen LogP contribution in [0.5, 0.6) is 0 Å². The molecular weight excluding hydrogens is 330 g/mol. The molecule has 0 radical (unpaired) electrons. The molecule has 3 aromatic rings. The zero-order valence-corrected chi connectivity index (χ0v) is 13.8. The molecule has 3 rings (SSSR count). The summed E-state index contributed by atoms with van der Waals surface area (Å²) >= 11 is 0. The van der Waals surface area contributed by atoms with Gasteiger partial charge in [-0.3, -0.25) is 14.8 Å².